The van der Waals surface area contributed by atoms with Gasteiger partial charge in [-0.25, -0.2) is 15.0 Å². The van der Waals surface area contributed by atoms with Gasteiger partial charge in [0.1, 0.15) is 0 Å². The Morgan fingerprint density at radius 1 is 0.283 bits per heavy atom. The number of nitrogens with zero attached hydrogens (tertiary/aromatic N) is 4. The molecule has 0 N–H and O–H groups in total. The molecule has 0 fully saturated rings. The third-order valence-electron chi connectivity index (χ3n) is 8.14. The molecule has 216 valence electrons. The van der Waals surface area contributed by atoms with E-state index < -0.39 is 0 Å². The first-order valence-electron chi connectivity index (χ1n) is 15.3. The summed E-state index contributed by atoms with van der Waals surface area (Å²) in [6.07, 6.45) is 1.93. The first-order chi connectivity index (χ1) is 22.8. The van der Waals surface area contributed by atoms with E-state index >= 15 is 0 Å². The van der Waals surface area contributed by atoms with E-state index in [9.17, 15) is 0 Å². The highest BCUT2D eigenvalue weighted by molar-refractivity contribution is 5.85. The summed E-state index contributed by atoms with van der Waals surface area (Å²) in [6.45, 7) is 0. The van der Waals surface area contributed by atoms with E-state index in [1.54, 1.807) is 0 Å². The van der Waals surface area contributed by atoms with Gasteiger partial charge >= 0.3 is 0 Å². The number of rotatable bonds is 6. The number of aromatic nitrogens is 4. The Kier molecular flexibility index (Phi) is 7.14. The number of hydrogen-bond donors (Lipinski definition) is 0. The fourth-order valence-corrected chi connectivity index (χ4v) is 5.76. The highest BCUT2D eigenvalue weighted by Gasteiger charge is 2.15. The van der Waals surface area contributed by atoms with Gasteiger partial charge in [-0.2, -0.15) is 0 Å². The fourth-order valence-electron chi connectivity index (χ4n) is 5.76. The van der Waals surface area contributed by atoms with Crippen molar-refractivity contribution in [1.82, 2.24) is 19.9 Å². The second-order valence-electron chi connectivity index (χ2n) is 11.2. The summed E-state index contributed by atoms with van der Waals surface area (Å²) in [5.41, 5.74) is 9.17. The lowest BCUT2D eigenvalue weighted by atomic mass is 10.0. The molecule has 0 bridgehead atoms. The summed E-state index contributed by atoms with van der Waals surface area (Å²) in [5, 5.41) is 2.27. The van der Waals surface area contributed by atoms with Gasteiger partial charge in [-0.15, -0.1) is 0 Å². The van der Waals surface area contributed by atoms with Gasteiger partial charge in [0.05, 0.1) is 5.69 Å². The fraction of sp³-hybridized carbons (Fsp3) is 0. The number of pyridine rings is 1. The largest absolute Gasteiger partial charge is 0.256 e. The Bertz CT molecular complexity index is 2210. The van der Waals surface area contributed by atoms with E-state index in [1.165, 1.54) is 0 Å². The Hall–Kier alpha value is -6.26. The van der Waals surface area contributed by atoms with E-state index in [1.807, 2.05) is 36.5 Å². The molecule has 8 aromatic rings. The summed E-state index contributed by atoms with van der Waals surface area (Å²) in [7, 11) is 0. The zero-order valence-corrected chi connectivity index (χ0v) is 25.0. The molecule has 0 radical (unpaired) electrons. The van der Waals surface area contributed by atoms with Crippen LogP contribution in [0.1, 0.15) is 0 Å². The Balaban J connectivity index is 1.27. The van der Waals surface area contributed by atoms with Gasteiger partial charge in [-0.05, 0) is 51.9 Å². The summed E-state index contributed by atoms with van der Waals surface area (Å²) < 4.78 is 0. The molecule has 0 aliphatic carbocycles. The Morgan fingerprint density at radius 3 is 1.20 bits per heavy atom. The molecule has 0 saturated heterocycles. The van der Waals surface area contributed by atoms with E-state index in [0.717, 1.165) is 61.0 Å². The maximum Gasteiger partial charge on any atom is 0.164 e. The molecule has 0 aliphatic rings. The second-order valence-corrected chi connectivity index (χ2v) is 11.2. The van der Waals surface area contributed by atoms with Gasteiger partial charge in [-0.3, -0.25) is 4.98 Å². The predicted molar refractivity (Wildman–Crippen MR) is 188 cm³/mol. The summed E-state index contributed by atoms with van der Waals surface area (Å²) in [4.78, 5) is 19.9. The van der Waals surface area contributed by atoms with Crippen molar-refractivity contribution >= 4 is 10.8 Å². The van der Waals surface area contributed by atoms with Crippen molar-refractivity contribution in [3.8, 4) is 67.7 Å². The summed E-state index contributed by atoms with van der Waals surface area (Å²) in [5.74, 6) is 1.85. The van der Waals surface area contributed by atoms with Gasteiger partial charge < -0.3 is 0 Å². The van der Waals surface area contributed by atoms with Gasteiger partial charge in [0, 0.05) is 33.8 Å². The molecule has 0 aliphatic heterocycles. The van der Waals surface area contributed by atoms with Crippen molar-refractivity contribution in [2.45, 2.75) is 0 Å². The van der Waals surface area contributed by atoms with Crippen molar-refractivity contribution < 1.29 is 0 Å². The smallest absolute Gasteiger partial charge is 0.164 e. The van der Waals surface area contributed by atoms with Crippen LogP contribution < -0.4 is 0 Å². The van der Waals surface area contributed by atoms with Crippen LogP contribution in [0, 0.1) is 0 Å². The van der Waals surface area contributed by atoms with Crippen LogP contribution in [-0.4, -0.2) is 19.9 Å². The van der Waals surface area contributed by atoms with Crippen molar-refractivity contribution in [3.05, 3.63) is 170 Å². The van der Waals surface area contributed by atoms with E-state index in [-0.39, 0.29) is 0 Å². The van der Waals surface area contributed by atoms with Crippen molar-refractivity contribution in [1.29, 1.82) is 0 Å². The maximum atomic E-state index is 5.06. The standard InChI is InChI=1S/C42H28N4/c1-3-12-29(13-4-1)31-18-9-21-35(24-31)40-44-41(36-22-10-19-32(25-36)30-14-5-2-6-15-30)46-42(45-40)37-23-11-20-34(26-37)39-27-33-16-7-8-17-38(33)28-43-39/h1-28H. The Labute approximate surface area is 267 Å². The van der Waals surface area contributed by atoms with Gasteiger partial charge in [0.15, 0.2) is 17.5 Å². The molecule has 0 atom stereocenters. The minimum absolute atomic E-state index is 0.609. The Morgan fingerprint density at radius 2 is 0.674 bits per heavy atom. The second kappa shape index (κ2) is 12.0. The van der Waals surface area contributed by atoms with Gasteiger partial charge in [0.25, 0.3) is 0 Å². The zero-order valence-electron chi connectivity index (χ0n) is 25.0. The molecule has 4 heteroatoms. The minimum Gasteiger partial charge on any atom is -0.256 e. The molecule has 0 saturated carbocycles. The third-order valence-corrected chi connectivity index (χ3v) is 8.14. The predicted octanol–water partition coefficient (Wildman–Crippen LogP) is 10.4. The molecule has 6 aromatic carbocycles. The minimum atomic E-state index is 0.609. The number of fused-ring (bicyclic) bond motifs is 1. The van der Waals surface area contributed by atoms with Crippen LogP contribution >= 0.6 is 0 Å². The monoisotopic (exact) mass is 588 g/mol. The molecular formula is C42H28N4. The van der Waals surface area contributed by atoms with E-state index in [4.69, 9.17) is 19.9 Å². The summed E-state index contributed by atoms with van der Waals surface area (Å²) >= 11 is 0. The van der Waals surface area contributed by atoms with Crippen molar-refractivity contribution in [2.24, 2.45) is 0 Å². The average Bonchev–Trinajstić information content (AvgIpc) is 3.15. The molecule has 4 nitrogen and oxygen atoms in total. The zero-order chi connectivity index (χ0) is 30.7. The maximum absolute atomic E-state index is 5.06. The van der Waals surface area contributed by atoms with Crippen LogP contribution in [0.3, 0.4) is 0 Å². The van der Waals surface area contributed by atoms with Gasteiger partial charge in [0.2, 0.25) is 0 Å². The molecule has 0 amide bonds. The van der Waals surface area contributed by atoms with Crippen LogP contribution in [0.4, 0.5) is 0 Å². The average molecular weight is 589 g/mol. The molecule has 46 heavy (non-hydrogen) atoms. The normalized spacial score (nSPS) is 11.0. The summed E-state index contributed by atoms with van der Waals surface area (Å²) in [6, 6.07) is 56.2. The first kappa shape index (κ1) is 27.3. The highest BCUT2D eigenvalue weighted by atomic mass is 15.0. The van der Waals surface area contributed by atoms with Crippen LogP contribution in [0.25, 0.3) is 78.4 Å². The lowest BCUT2D eigenvalue weighted by molar-refractivity contribution is 1.07. The molecule has 2 heterocycles. The van der Waals surface area contributed by atoms with Crippen molar-refractivity contribution in [3.63, 3.8) is 0 Å². The van der Waals surface area contributed by atoms with E-state index in [2.05, 4.69) is 133 Å². The van der Waals surface area contributed by atoms with Crippen LogP contribution in [0.2, 0.25) is 0 Å². The molecular weight excluding hydrogens is 560 g/mol. The quantitative estimate of drug-likeness (QED) is 0.194. The topological polar surface area (TPSA) is 51.6 Å². The van der Waals surface area contributed by atoms with Crippen molar-refractivity contribution in [2.75, 3.05) is 0 Å². The third kappa shape index (κ3) is 5.56. The highest BCUT2D eigenvalue weighted by Crippen LogP contribution is 2.31. The van der Waals surface area contributed by atoms with Crippen LogP contribution in [-0.2, 0) is 0 Å². The lowest BCUT2D eigenvalue weighted by Gasteiger charge is -2.11. The van der Waals surface area contributed by atoms with Crippen LogP contribution in [0.15, 0.2) is 170 Å². The molecule has 2 aromatic heterocycles. The SMILES string of the molecule is c1ccc(-c2cccc(-c3nc(-c4cccc(-c5ccccc5)c4)nc(-c4cccc(-c5cc6ccccc6cn5)c4)n3)c2)cc1. The molecule has 0 unspecified atom stereocenters. The van der Waals surface area contributed by atoms with E-state index in [0.29, 0.717) is 17.5 Å². The van der Waals surface area contributed by atoms with Crippen LogP contribution in [0.5, 0.6) is 0 Å². The molecule has 0 spiro atoms. The number of benzene rings is 6. The van der Waals surface area contributed by atoms with Gasteiger partial charge in [-0.1, -0.05) is 140 Å². The lowest BCUT2D eigenvalue weighted by Crippen LogP contribution is -2.00. The number of hydrogen-bond acceptors (Lipinski definition) is 4. The molecule has 8 rings (SSSR count). The first-order valence-corrected chi connectivity index (χ1v) is 15.3.